The highest BCUT2D eigenvalue weighted by Crippen LogP contribution is 2.31. The molecule has 0 fully saturated rings. The first-order valence-electron chi connectivity index (χ1n) is 13.0. The Kier molecular flexibility index (Phi) is 14.7. The predicted molar refractivity (Wildman–Crippen MR) is 133 cm³/mol. The van der Waals surface area contributed by atoms with Crippen LogP contribution in [0.4, 0.5) is 0 Å². The lowest BCUT2D eigenvalue weighted by molar-refractivity contribution is -0.174. The minimum Gasteiger partial charge on any atom is -0.466 e. The van der Waals surface area contributed by atoms with Gasteiger partial charge in [0.15, 0.2) is 5.60 Å². The second-order valence-electron chi connectivity index (χ2n) is 9.18. The zero-order valence-electron chi connectivity index (χ0n) is 21.4. The van der Waals surface area contributed by atoms with Crippen molar-refractivity contribution in [3.05, 3.63) is 34.9 Å². The van der Waals surface area contributed by atoms with E-state index in [1.54, 1.807) is 12.1 Å². The molecule has 1 atom stereocenters. The normalized spacial score (nSPS) is 12.9. The van der Waals surface area contributed by atoms with E-state index in [-0.39, 0.29) is 6.61 Å². The summed E-state index contributed by atoms with van der Waals surface area (Å²) in [6, 6.07) is 5.39. The monoisotopic (exact) mass is 462 g/mol. The van der Waals surface area contributed by atoms with E-state index >= 15 is 0 Å². The Morgan fingerprint density at radius 3 is 1.88 bits per heavy atom. The molecule has 0 bridgehead atoms. The molecule has 0 spiro atoms. The minimum absolute atomic E-state index is 0.241. The molecule has 1 N–H and O–H groups in total. The van der Waals surface area contributed by atoms with Crippen LogP contribution in [-0.4, -0.2) is 30.3 Å². The Morgan fingerprint density at radius 1 is 0.788 bits per heavy atom. The SMILES string of the molecule is CCCCCCCCOC(=O)CC(O)(C(=O)OCCCCCCCC)c1cccc(C)c1C. The summed E-state index contributed by atoms with van der Waals surface area (Å²) in [7, 11) is 0. The number of aryl methyl sites for hydroxylation is 1. The summed E-state index contributed by atoms with van der Waals surface area (Å²) in [5, 5.41) is 11.4. The van der Waals surface area contributed by atoms with Crippen molar-refractivity contribution in [2.24, 2.45) is 0 Å². The molecule has 5 heteroatoms. The Labute approximate surface area is 201 Å². The molecule has 188 valence electrons. The van der Waals surface area contributed by atoms with Crippen LogP contribution in [0.1, 0.15) is 114 Å². The van der Waals surface area contributed by atoms with E-state index in [0.717, 1.165) is 49.7 Å². The smallest absolute Gasteiger partial charge is 0.343 e. The van der Waals surface area contributed by atoms with E-state index in [0.29, 0.717) is 12.2 Å². The molecule has 33 heavy (non-hydrogen) atoms. The van der Waals surface area contributed by atoms with E-state index in [1.165, 1.54) is 38.5 Å². The highest BCUT2D eigenvalue weighted by atomic mass is 16.6. The number of unbranched alkanes of at least 4 members (excludes halogenated alkanes) is 10. The fourth-order valence-corrected chi connectivity index (χ4v) is 3.97. The van der Waals surface area contributed by atoms with Crippen LogP contribution in [0.3, 0.4) is 0 Å². The average molecular weight is 463 g/mol. The molecule has 1 unspecified atom stereocenters. The molecule has 1 rings (SSSR count). The number of aliphatic hydroxyl groups is 1. The Balaban J connectivity index is 2.70. The number of benzene rings is 1. The minimum atomic E-state index is -2.05. The lowest BCUT2D eigenvalue weighted by atomic mass is 9.85. The summed E-state index contributed by atoms with van der Waals surface area (Å²) in [4.78, 5) is 25.6. The quantitative estimate of drug-likeness (QED) is 0.194. The first-order chi connectivity index (χ1) is 15.9. The Hall–Kier alpha value is -1.88. The van der Waals surface area contributed by atoms with E-state index in [2.05, 4.69) is 13.8 Å². The standard InChI is InChI=1S/C28H46O5/c1-5-7-9-11-13-15-20-32-26(29)22-28(31,25-19-17-18-23(3)24(25)4)27(30)33-21-16-14-12-10-8-6-2/h17-19,31H,5-16,20-22H2,1-4H3. The lowest BCUT2D eigenvalue weighted by Gasteiger charge is -2.28. The van der Waals surface area contributed by atoms with Crippen molar-refractivity contribution in [2.45, 2.75) is 117 Å². The van der Waals surface area contributed by atoms with Crippen molar-refractivity contribution < 1.29 is 24.2 Å². The zero-order valence-corrected chi connectivity index (χ0v) is 21.4. The maximum absolute atomic E-state index is 13.0. The van der Waals surface area contributed by atoms with Crippen LogP contribution in [0.15, 0.2) is 18.2 Å². The van der Waals surface area contributed by atoms with Gasteiger partial charge in [0.2, 0.25) is 0 Å². The molecule has 0 aliphatic rings. The Morgan fingerprint density at radius 2 is 1.30 bits per heavy atom. The van der Waals surface area contributed by atoms with Gasteiger partial charge in [-0.05, 0) is 43.4 Å². The van der Waals surface area contributed by atoms with Gasteiger partial charge in [0, 0.05) is 0 Å². The summed E-state index contributed by atoms with van der Waals surface area (Å²) in [6.45, 7) is 8.66. The van der Waals surface area contributed by atoms with Crippen molar-refractivity contribution in [1.82, 2.24) is 0 Å². The summed E-state index contributed by atoms with van der Waals surface area (Å²) in [5.74, 6) is -1.36. The van der Waals surface area contributed by atoms with Gasteiger partial charge in [0.05, 0.1) is 19.6 Å². The van der Waals surface area contributed by atoms with Gasteiger partial charge in [-0.15, -0.1) is 0 Å². The van der Waals surface area contributed by atoms with Crippen molar-refractivity contribution in [2.75, 3.05) is 13.2 Å². The van der Waals surface area contributed by atoms with Crippen molar-refractivity contribution in [1.29, 1.82) is 0 Å². The number of rotatable bonds is 18. The molecular formula is C28H46O5. The lowest BCUT2D eigenvalue weighted by Crippen LogP contribution is -2.41. The average Bonchev–Trinajstić information content (AvgIpc) is 2.79. The van der Waals surface area contributed by atoms with E-state index in [1.807, 2.05) is 19.9 Å². The van der Waals surface area contributed by atoms with Gasteiger partial charge in [-0.2, -0.15) is 0 Å². The topological polar surface area (TPSA) is 72.8 Å². The number of hydrogen-bond donors (Lipinski definition) is 1. The van der Waals surface area contributed by atoms with Gasteiger partial charge < -0.3 is 14.6 Å². The molecule has 5 nitrogen and oxygen atoms in total. The largest absolute Gasteiger partial charge is 0.466 e. The molecule has 0 aliphatic carbocycles. The fourth-order valence-electron chi connectivity index (χ4n) is 3.97. The second-order valence-corrected chi connectivity index (χ2v) is 9.18. The van der Waals surface area contributed by atoms with E-state index < -0.39 is 24.0 Å². The third kappa shape index (κ3) is 10.7. The number of carbonyl (C=O) groups is 2. The van der Waals surface area contributed by atoms with Gasteiger partial charge in [-0.1, -0.05) is 96.3 Å². The summed E-state index contributed by atoms with van der Waals surface area (Å²) in [5.41, 5.74) is 0.0820. The van der Waals surface area contributed by atoms with Crippen LogP contribution in [0.25, 0.3) is 0 Å². The molecule has 1 aromatic carbocycles. The van der Waals surface area contributed by atoms with Gasteiger partial charge in [-0.3, -0.25) is 4.79 Å². The van der Waals surface area contributed by atoms with Crippen LogP contribution in [0.5, 0.6) is 0 Å². The molecule has 0 heterocycles. The fraction of sp³-hybridized carbons (Fsp3) is 0.714. The summed E-state index contributed by atoms with van der Waals surface area (Å²) >= 11 is 0. The maximum atomic E-state index is 13.0. The van der Waals surface area contributed by atoms with E-state index in [9.17, 15) is 14.7 Å². The molecule has 0 aliphatic heterocycles. The van der Waals surface area contributed by atoms with Crippen LogP contribution >= 0.6 is 0 Å². The first kappa shape index (κ1) is 29.2. The van der Waals surface area contributed by atoms with Crippen molar-refractivity contribution >= 4 is 11.9 Å². The zero-order chi connectivity index (χ0) is 24.5. The molecule has 1 aromatic rings. The highest BCUT2D eigenvalue weighted by Gasteiger charge is 2.43. The highest BCUT2D eigenvalue weighted by molar-refractivity contribution is 5.87. The van der Waals surface area contributed by atoms with Crippen molar-refractivity contribution in [3.63, 3.8) is 0 Å². The number of esters is 2. The second kappa shape index (κ2) is 16.7. The van der Waals surface area contributed by atoms with Gasteiger partial charge in [-0.25, -0.2) is 4.79 Å². The van der Waals surface area contributed by atoms with Crippen molar-refractivity contribution in [3.8, 4) is 0 Å². The maximum Gasteiger partial charge on any atom is 0.343 e. The van der Waals surface area contributed by atoms with Gasteiger partial charge in [0.1, 0.15) is 0 Å². The van der Waals surface area contributed by atoms with Crippen LogP contribution < -0.4 is 0 Å². The third-order valence-corrected chi connectivity index (χ3v) is 6.28. The number of hydrogen-bond acceptors (Lipinski definition) is 5. The molecule has 0 aromatic heterocycles. The molecular weight excluding hydrogens is 416 g/mol. The summed E-state index contributed by atoms with van der Waals surface area (Å²) < 4.78 is 10.8. The molecule has 0 amide bonds. The van der Waals surface area contributed by atoms with Gasteiger partial charge >= 0.3 is 11.9 Å². The predicted octanol–water partition coefficient (Wildman–Crippen LogP) is 6.69. The van der Waals surface area contributed by atoms with Crippen LogP contribution in [0.2, 0.25) is 0 Å². The Bertz CT molecular complexity index is 700. The summed E-state index contributed by atoms with van der Waals surface area (Å²) in [6.07, 6.45) is 12.5. The van der Waals surface area contributed by atoms with E-state index in [4.69, 9.17) is 9.47 Å². The third-order valence-electron chi connectivity index (χ3n) is 6.28. The van der Waals surface area contributed by atoms with Crippen LogP contribution in [-0.2, 0) is 24.7 Å². The molecule has 0 saturated heterocycles. The molecule has 0 radical (unpaired) electrons. The number of carbonyl (C=O) groups excluding carboxylic acids is 2. The van der Waals surface area contributed by atoms with Gasteiger partial charge in [0.25, 0.3) is 0 Å². The molecule has 0 saturated carbocycles. The first-order valence-corrected chi connectivity index (χ1v) is 13.0. The van der Waals surface area contributed by atoms with Crippen LogP contribution in [0, 0.1) is 13.8 Å². The number of ether oxygens (including phenoxy) is 2.